The van der Waals surface area contributed by atoms with Crippen LogP contribution >= 0.6 is 0 Å². The van der Waals surface area contributed by atoms with Gasteiger partial charge in [-0.05, 0) is 38.4 Å². The third-order valence-corrected chi connectivity index (χ3v) is 13.1. The lowest BCUT2D eigenvalue weighted by molar-refractivity contribution is 0.187. The van der Waals surface area contributed by atoms with E-state index in [4.69, 9.17) is 8.85 Å². The van der Waals surface area contributed by atoms with Crippen molar-refractivity contribution in [3.8, 4) is 0 Å². The van der Waals surface area contributed by atoms with Crippen molar-refractivity contribution in [2.24, 2.45) is 0 Å². The molecule has 0 heterocycles. The van der Waals surface area contributed by atoms with Gasteiger partial charge in [0.1, 0.15) is 0 Å². The van der Waals surface area contributed by atoms with E-state index in [1.807, 2.05) is 13.8 Å². The number of hydrogen-bond acceptors (Lipinski definition) is 3. The molecule has 0 rings (SSSR count). The summed E-state index contributed by atoms with van der Waals surface area (Å²) < 4.78 is 11.7. The Morgan fingerprint density at radius 1 is 0.905 bits per heavy atom. The molecule has 0 aromatic heterocycles. The predicted molar refractivity (Wildman–Crippen MR) is 99.0 cm³/mol. The van der Waals surface area contributed by atoms with Crippen LogP contribution in [0.1, 0.15) is 47.5 Å². The summed E-state index contributed by atoms with van der Waals surface area (Å²) in [6.45, 7) is 21.1. The Morgan fingerprint density at radius 3 is 1.86 bits per heavy atom. The molecule has 21 heavy (non-hydrogen) atoms. The topological polar surface area (TPSA) is 30.5 Å². The van der Waals surface area contributed by atoms with Crippen LogP contribution in [0.15, 0.2) is 0 Å². The molecule has 0 saturated carbocycles. The van der Waals surface area contributed by atoms with Crippen molar-refractivity contribution in [3.63, 3.8) is 0 Å². The molecular weight excluding hydrogens is 294 g/mol. The molecule has 0 spiro atoms. The van der Waals surface area contributed by atoms with E-state index in [1.165, 1.54) is 18.9 Å². The monoisotopic (exact) mass is 333 g/mol. The molecule has 0 aliphatic carbocycles. The Labute approximate surface area is 135 Å². The Hall–Kier alpha value is 0.314. The second-order valence-corrected chi connectivity index (χ2v) is 16.7. The number of rotatable bonds is 11. The van der Waals surface area contributed by atoms with E-state index in [0.29, 0.717) is 5.04 Å². The second kappa shape index (κ2) is 9.45. The van der Waals surface area contributed by atoms with Crippen molar-refractivity contribution >= 4 is 16.6 Å². The first-order valence-electron chi connectivity index (χ1n) is 8.56. The molecule has 0 aromatic rings. The van der Waals surface area contributed by atoms with E-state index in [-0.39, 0.29) is 0 Å². The molecule has 5 heteroatoms. The summed E-state index contributed by atoms with van der Waals surface area (Å²) in [6, 6.07) is 1.42. The van der Waals surface area contributed by atoms with Gasteiger partial charge in [0, 0.05) is 19.4 Å². The standard InChI is InChI=1S/C16H39NO2Si2/c1-9-18-21(8,19-10-2)15-17-13-11-12-14-20(6,7)16(3,4)5/h17H,9-15H2,1-8H3. The second-order valence-electron chi connectivity index (χ2n) is 7.77. The molecular formula is C16H39NO2Si2. The normalized spacial score (nSPS) is 13.7. The predicted octanol–water partition coefficient (Wildman–Crippen LogP) is 4.55. The van der Waals surface area contributed by atoms with E-state index in [2.05, 4.69) is 45.7 Å². The van der Waals surface area contributed by atoms with Gasteiger partial charge in [-0.25, -0.2) is 0 Å². The van der Waals surface area contributed by atoms with Gasteiger partial charge in [0.2, 0.25) is 0 Å². The van der Waals surface area contributed by atoms with Gasteiger partial charge >= 0.3 is 8.56 Å². The summed E-state index contributed by atoms with van der Waals surface area (Å²) in [5, 5.41) is 4.06. The first kappa shape index (κ1) is 21.3. The third kappa shape index (κ3) is 8.50. The first-order chi connectivity index (χ1) is 9.58. The van der Waals surface area contributed by atoms with Gasteiger partial charge < -0.3 is 14.2 Å². The minimum atomic E-state index is -1.98. The molecule has 0 radical (unpaired) electrons. The average molecular weight is 334 g/mol. The summed E-state index contributed by atoms with van der Waals surface area (Å²) in [4.78, 5) is 0. The maximum Gasteiger partial charge on any atom is 0.349 e. The molecule has 0 saturated heterocycles. The first-order valence-corrected chi connectivity index (χ1v) is 14.3. The van der Waals surface area contributed by atoms with Crippen molar-refractivity contribution in [1.82, 2.24) is 5.32 Å². The molecule has 0 aliphatic rings. The zero-order chi connectivity index (χ0) is 16.6. The van der Waals surface area contributed by atoms with E-state index in [0.717, 1.165) is 25.9 Å². The van der Waals surface area contributed by atoms with Crippen LogP contribution in [-0.2, 0) is 8.85 Å². The van der Waals surface area contributed by atoms with Crippen molar-refractivity contribution in [2.45, 2.75) is 78.2 Å². The van der Waals surface area contributed by atoms with Gasteiger partial charge in [0.25, 0.3) is 0 Å². The van der Waals surface area contributed by atoms with Crippen LogP contribution in [0.5, 0.6) is 0 Å². The van der Waals surface area contributed by atoms with Gasteiger partial charge in [0.15, 0.2) is 0 Å². The Bertz CT molecular complexity index is 272. The van der Waals surface area contributed by atoms with Crippen LogP contribution in [0.4, 0.5) is 0 Å². The van der Waals surface area contributed by atoms with Gasteiger partial charge in [-0.3, -0.25) is 0 Å². The maximum atomic E-state index is 5.84. The van der Waals surface area contributed by atoms with Crippen LogP contribution in [0.3, 0.4) is 0 Å². The van der Waals surface area contributed by atoms with Gasteiger partial charge in [-0.2, -0.15) is 0 Å². The van der Waals surface area contributed by atoms with Crippen LogP contribution in [0.2, 0.25) is 30.7 Å². The molecule has 0 aliphatic heterocycles. The molecule has 0 aromatic carbocycles. The summed E-state index contributed by atoms with van der Waals surface area (Å²) in [5.41, 5.74) is 0. The van der Waals surface area contributed by atoms with Crippen LogP contribution < -0.4 is 5.32 Å². The lowest BCUT2D eigenvalue weighted by atomic mass is 10.2. The molecule has 0 unspecified atom stereocenters. The molecule has 0 atom stereocenters. The molecule has 0 amide bonds. The fraction of sp³-hybridized carbons (Fsp3) is 1.00. The summed E-state index contributed by atoms with van der Waals surface area (Å²) in [6.07, 6.45) is 3.50. The molecule has 0 fully saturated rings. The average Bonchev–Trinajstić information content (AvgIpc) is 2.32. The van der Waals surface area contributed by atoms with E-state index in [9.17, 15) is 0 Å². The van der Waals surface area contributed by atoms with E-state index < -0.39 is 16.6 Å². The maximum absolute atomic E-state index is 5.84. The summed E-state index contributed by atoms with van der Waals surface area (Å²) >= 11 is 0. The minimum absolute atomic E-state index is 0.510. The zero-order valence-electron chi connectivity index (χ0n) is 15.8. The highest BCUT2D eigenvalue weighted by Crippen LogP contribution is 2.39. The van der Waals surface area contributed by atoms with Crippen molar-refractivity contribution < 1.29 is 8.85 Å². The quantitative estimate of drug-likeness (QED) is 0.444. The highest BCUT2D eigenvalue weighted by Gasteiger charge is 2.34. The molecule has 0 bridgehead atoms. The molecule has 3 nitrogen and oxygen atoms in total. The van der Waals surface area contributed by atoms with E-state index in [1.54, 1.807) is 0 Å². The highest BCUT2D eigenvalue weighted by molar-refractivity contribution is 6.80. The molecule has 1 N–H and O–H groups in total. The van der Waals surface area contributed by atoms with Crippen LogP contribution in [0, 0.1) is 0 Å². The van der Waals surface area contributed by atoms with Gasteiger partial charge in [-0.1, -0.05) is 46.3 Å². The number of nitrogens with one attached hydrogen (secondary N) is 1. The number of hydrogen-bond donors (Lipinski definition) is 1. The Morgan fingerprint density at radius 2 is 1.43 bits per heavy atom. The highest BCUT2D eigenvalue weighted by atomic mass is 28.4. The third-order valence-electron chi connectivity index (χ3n) is 4.78. The van der Waals surface area contributed by atoms with Gasteiger partial charge in [0.05, 0.1) is 8.07 Å². The SMILES string of the molecule is CCO[Si](C)(CNCCCC[Si](C)(C)C(C)(C)C)OCC. The minimum Gasteiger partial charge on any atom is -0.394 e. The lowest BCUT2D eigenvalue weighted by Gasteiger charge is -2.37. The smallest absolute Gasteiger partial charge is 0.349 e. The van der Waals surface area contributed by atoms with E-state index >= 15 is 0 Å². The lowest BCUT2D eigenvalue weighted by Crippen LogP contribution is -2.49. The van der Waals surface area contributed by atoms with Gasteiger partial charge in [-0.15, -0.1) is 0 Å². The summed E-state index contributed by atoms with van der Waals surface area (Å²) in [5.74, 6) is 0. The Kier molecular flexibility index (Phi) is 9.59. The largest absolute Gasteiger partial charge is 0.394 e. The zero-order valence-corrected chi connectivity index (χ0v) is 17.8. The van der Waals surface area contributed by atoms with Crippen molar-refractivity contribution in [2.75, 3.05) is 25.9 Å². The van der Waals surface area contributed by atoms with Crippen LogP contribution in [0.25, 0.3) is 0 Å². The fourth-order valence-corrected chi connectivity index (χ4v) is 6.29. The van der Waals surface area contributed by atoms with Crippen molar-refractivity contribution in [3.05, 3.63) is 0 Å². The fourth-order valence-electron chi connectivity index (χ4n) is 2.26. The van der Waals surface area contributed by atoms with Crippen molar-refractivity contribution in [1.29, 1.82) is 0 Å². The Balaban J connectivity index is 3.91. The molecule has 128 valence electrons. The number of unbranched alkanes of at least 4 members (excludes halogenated alkanes) is 1. The van der Waals surface area contributed by atoms with Crippen LogP contribution in [-0.4, -0.2) is 42.6 Å². The summed E-state index contributed by atoms with van der Waals surface area (Å²) in [7, 11) is -3.07.